The van der Waals surface area contributed by atoms with Crippen LogP contribution in [-0.4, -0.2) is 141 Å². The first-order valence-electron chi connectivity index (χ1n) is 20.0. The van der Waals surface area contributed by atoms with Gasteiger partial charge in [-0.3, -0.25) is 4.18 Å². The minimum atomic E-state index is -3.76. The van der Waals surface area contributed by atoms with Gasteiger partial charge in [-0.05, 0) is 42.7 Å². The minimum absolute atomic E-state index is 0.0580. The van der Waals surface area contributed by atoms with E-state index in [9.17, 15) is 8.42 Å². The molecule has 0 atom stereocenters. The molecule has 2 aromatic rings. The SMILES string of the molecule is CCCCCCCCCc1ccc(OCCOCCOCCOCCOCCOCCOCCOCCOCCOCCOS(=O)(=O)c2ccccc2)cc1. The zero-order valence-corrected chi connectivity index (χ0v) is 34.0. The van der Waals surface area contributed by atoms with Gasteiger partial charge in [0.25, 0.3) is 10.1 Å². The third kappa shape index (κ3) is 29.7. The second kappa shape index (κ2) is 36.2. The smallest absolute Gasteiger partial charge is 0.297 e. The van der Waals surface area contributed by atoms with Gasteiger partial charge in [0.05, 0.1) is 130 Å². The standard InChI is InChI=1S/C41H68O13S/c1-2-3-4-5-6-7-9-12-39-15-17-40(18-16-39)53-37-35-51-33-31-49-29-27-47-25-23-45-21-19-44-20-22-46-24-26-48-28-30-50-32-34-52-36-38-54-55(42,43)41-13-10-8-11-14-41/h8,10-11,13-18H,2-7,9,12,19-38H2,1H3. The van der Waals surface area contributed by atoms with Gasteiger partial charge in [0, 0.05) is 0 Å². The molecule has 2 aromatic carbocycles. The van der Waals surface area contributed by atoms with E-state index in [1.54, 1.807) is 18.2 Å². The largest absolute Gasteiger partial charge is 0.491 e. The van der Waals surface area contributed by atoms with E-state index in [2.05, 4.69) is 19.1 Å². The Bertz CT molecular complexity index is 1200. The van der Waals surface area contributed by atoms with Gasteiger partial charge in [-0.2, -0.15) is 8.42 Å². The van der Waals surface area contributed by atoms with Crippen LogP contribution in [0.25, 0.3) is 0 Å². The maximum atomic E-state index is 12.0. The Morgan fingerprint density at radius 3 is 1.18 bits per heavy atom. The van der Waals surface area contributed by atoms with Crippen LogP contribution in [0.2, 0.25) is 0 Å². The molecule has 0 radical (unpaired) electrons. The molecule has 0 aliphatic rings. The van der Waals surface area contributed by atoms with E-state index >= 15 is 0 Å². The van der Waals surface area contributed by atoms with Crippen molar-refractivity contribution in [2.24, 2.45) is 0 Å². The Hall–Kier alpha value is -2.21. The second-order valence-electron chi connectivity index (χ2n) is 12.5. The van der Waals surface area contributed by atoms with Crippen LogP contribution in [0.1, 0.15) is 57.4 Å². The monoisotopic (exact) mass is 800 g/mol. The summed E-state index contributed by atoms with van der Waals surface area (Å²) in [5.74, 6) is 0.879. The van der Waals surface area contributed by atoms with Gasteiger partial charge in [-0.1, -0.05) is 75.8 Å². The number of benzene rings is 2. The van der Waals surface area contributed by atoms with Gasteiger partial charge in [-0.25, -0.2) is 0 Å². The molecule has 0 bridgehead atoms. The van der Waals surface area contributed by atoms with Crippen LogP contribution in [0.3, 0.4) is 0 Å². The molecule has 0 saturated heterocycles. The number of rotatable bonds is 41. The van der Waals surface area contributed by atoms with Crippen molar-refractivity contribution in [3.05, 3.63) is 60.2 Å². The molecule has 0 aliphatic carbocycles. The quantitative estimate of drug-likeness (QED) is 0.0583. The molecule has 0 aliphatic heterocycles. The molecule has 316 valence electrons. The van der Waals surface area contributed by atoms with Gasteiger partial charge >= 0.3 is 0 Å². The minimum Gasteiger partial charge on any atom is -0.491 e. The summed E-state index contributed by atoms with van der Waals surface area (Å²) in [5.41, 5.74) is 1.37. The average Bonchev–Trinajstić information content (AvgIpc) is 3.20. The molecule has 0 amide bonds. The van der Waals surface area contributed by atoms with E-state index in [-0.39, 0.29) is 18.1 Å². The van der Waals surface area contributed by atoms with E-state index in [1.165, 1.54) is 62.6 Å². The molecule has 0 aromatic heterocycles. The summed E-state index contributed by atoms with van der Waals surface area (Å²) >= 11 is 0. The zero-order valence-electron chi connectivity index (χ0n) is 33.2. The molecule has 0 heterocycles. The highest BCUT2D eigenvalue weighted by atomic mass is 32.2. The molecule has 55 heavy (non-hydrogen) atoms. The number of ether oxygens (including phenoxy) is 10. The maximum Gasteiger partial charge on any atom is 0.297 e. The van der Waals surface area contributed by atoms with Crippen LogP contribution in [0.5, 0.6) is 5.75 Å². The van der Waals surface area contributed by atoms with Crippen molar-refractivity contribution in [3.63, 3.8) is 0 Å². The van der Waals surface area contributed by atoms with Crippen molar-refractivity contribution in [1.29, 1.82) is 0 Å². The Balaban J connectivity index is 1.19. The molecular weight excluding hydrogens is 733 g/mol. The highest BCUT2D eigenvalue weighted by molar-refractivity contribution is 7.86. The van der Waals surface area contributed by atoms with Crippen molar-refractivity contribution in [1.82, 2.24) is 0 Å². The lowest BCUT2D eigenvalue weighted by molar-refractivity contribution is -0.0257. The van der Waals surface area contributed by atoms with Gasteiger partial charge in [0.15, 0.2) is 0 Å². The second-order valence-corrected chi connectivity index (χ2v) is 14.1. The van der Waals surface area contributed by atoms with E-state index in [4.69, 9.17) is 51.6 Å². The summed E-state index contributed by atoms with van der Waals surface area (Å²) in [6.07, 6.45) is 10.5. The predicted octanol–water partition coefficient (Wildman–Crippen LogP) is 5.91. The van der Waals surface area contributed by atoms with Crippen LogP contribution >= 0.6 is 0 Å². The summed E-state index contributed by atoms with van der Waals surface area (Å²) in [4.78, 5) is 0.122. The Labute approximate surface area is 330 Å². The van der Waals surface area contributed by atoms with E-state index in [1.807, 2.05) is 12.1 Å². The predicted molar refractivity (Wildman–Crippen MR) is 211 cm³/mol. The first-order valence-corrected chi connectivity index (χ1v) is 21.4. The van der Waals surface area contributed by atoms with Gasteiger partial charge in [0.2, 0.25) is 0 Å². The normalized spacial score (nSPS) is 11.7. The summed E-state index contributed by atoms with van der Waals surface area (Å²) in [5, 5.41) is 0. The third-order valence-corrected chi connectivity index (χ3v) is 9.29. The van der Waals surface area contributed by atoms with E-state index < -0.39 is 10.1 Å². The molecule has 0 fully saturated rings. The Morgan fingerprint density at radius 1 is 0.400 bits per heavy atom. The Kier molecular flexibility index (Phi) is 32.2. The van der Waals surface area contributed by atoms with Crippen LogP contribution in [0.15, 0.2) is 59.5 Å². The van der Waals surface area contributed by atoms with Crippen molar-refractivity contribution in [2.45, 2.75) is 63.2 Å². The van der Waals surface area contributed by atoms with Crippen LogP contribution < -0.4 is 4.74 Å². The summed E-state index contributed by atoms with van der Waals surface area (Å²) in [7, 11) is -3.76. The molecule has 0 N–H and O–H groups in total. The lowest BCUT2D eigenvalue weighted by atomic mass is 10.0. The summed E-state index contributed by atoms with van der Waals surface area (Å²) in [6.45, 7) is 10.8. The summed E-state index contributed by atoms with van der Waals surface area (Å²) in [6, 6.07) is 16.4. The van der Waals surface area contributed by atoms with Gasteiger partial charge in [0.1, 0.15) is 12.4 Å². The molecule has 0 saturated carbocycles. The van der Waals surface area contributed by atoms with Crippen LogP contribution in [-0.2, 0) is 63.4 Å². The fourth-order valence-corrected chi connectivity index (χ4v) is 5.89. The molecular formula is C41H68O13S. The average molecular weight is 801 g/mol. The fraction of sp³-hybridized carbons (Fsp3) is 0.707. The topological polar surface area (TPSA) is 136 Å². The van der Waals surface area contributed by atoms with Crippen molar-refractivity contribution < 1.29 is 60.0 Å². The van der Waals surface area contributed by atoms with E-state index in [0.29, 0.717) is 119 Å². The molecule has 14 heteroatoms. The lowest BCUT2D eigenvalue weighted by Crippen LogP contribution is -2.16. The highest BCUT2D eigenvalue weighted by Gasteiger charge is 2.13. The van der Waals surface area contributed by atoms with Gasteiger partial charge < -0.3 is 47.4 Å². The number of hydrogen-bond donors (Lipinski definition) is 0. The highest BCUT2D eigenvalue weighted by Crippen LogP contribution is 2.15. The van der Waals surface area contributed by atoms with Gasteiger partial charge in [-0.15, -0.1) is 0 Å². The summed E-state index contributed by atoms with van der Waals surface area (Å²) < 4.78 is 84.1. The van der Waals surface area contributed by atoms with E-state index in [0.717, 1.165) is 12.2 Å². The first-order chi connectivity index (χ1) is 27.1. The van der Waals surface area contributed by atoms with Crippen LogP contribution in [0.4, 0.5) is 0 Å². The van der Waals surface area contributed by atoms with Crippen molar-refractivity contribution in [3.8, 4) is 5.75 Å². The molecule has 13 nitrogen and oxygen atoms in total. The van der Waals surface area contributed by atoms with Crippen molar-refractivity contribution >= 4 is 10.1 Å². The van der Waals surface area contributed by atoms with Crippen LogP contribution in [0, 0.1) is 0 Å². The first kappa shape index (κ1) is 48.9. The molecule has 0 spiro atoms. The Morgan fingerprint density at radius 2 is 0.764 bits per heavy atom. The molecule has 2 rings (SSSR count). The maximum absolute atomic E-state index is 12.0. The number of hydrogen-bond acceptors (Lipinski definition) is 13. The number of aryl methyl sites for hydroxylation is 1. The zero-order chi connectivity index (χ0) is 39.2. The lowest BCUT2D eigenvalue weighted by Gasteiger charge is -2.09. The fourth-order valence-electron chi connectivity index (χ4n) is 4.98. The van der Waals surface area contributed by atoms with Crippen molar-refractivity contribution in [2.75, 3.05) is 132 Å². The molecule has 0 unspecified atom stereocenters. The third-order valence-electron chi connectivity index (χ3n) is 7.96. The number of unbranched alkanes of at least 4 members (excludes halogenated alkanes) is 6.